The second-order valence-electron chi connectivity index (χ2n) is 7.18. The van der Waals surface area contributed by atoms with Crippen molar-refractivity contribution in [2.45, 2.75) is 39.7 Å². The molecule has 0 heterocycles. The van der Waals surface area contributed by atoms with E-state index in [0.29, 0.717) is 13.0 Å². The number of hydrogen-bond acceptors (Lipinski definition) is 3. The second-order valence-corrected chi connectivity index (χ2v) is 8.99. The van der Waals surface area contributed by atoms with Crippen molar-refractivity contribution in [1.82, 2.24) is 4.72 Å². The monoisotopic (exact) mass is 321 g/mol. The summed E-state index contributed by atoms with van der Waals surface area (Å²) in [6, 6.07) is 9.48. The van der Waals surface area contributed by atoms with Crippen molar-refractivity contribution in [3.05, 3.63) is 35.9 Å². The molecule has 2 saturated carbocycles. The van der Waals surface area contributed by atoms with Crippen molar-refractivity contribution in [1.29, 1.82) is 0 Å². The molecule has 1 aromatic rings. The molecule has 2 aliphatic carbocycles. The Hall–Kier alpha value is -1.20. The van der Waals surface area contributed by atoms with E-state index < -0.39 is 20.9 Å². The molecule has 0 aliphatic heterocycles. The molecule has 120 valence electrons. The van der Waals surface area contributed by atoms with E-state index in [0.717, 1.165) is 18.4 Å². The molecule has 0 saturated heterocycles. The number of ketones is 1. The Bertz CT molecular complexity index is 685. The van der Waals surface area contributed by atoms with E-state index in [1.54, 1.807) is 0 Å². The number of Topliss-reactive ketones (excluding diaryl/α,β-unsaturated/α-hetero) is 1. The number of sulfonamides is 1. The summed E-state index contributed by atoms with van der Waals surface area (Å²) in [6.45, 7) is 4.24. The molecule has 0 radical (unpaired) electrons. The van der Waals surface area contributed by atoms with Crippen molar-refractivity contribution in [2.24, 2.45) is 16.7 Å². The molecule has 2 bridgehead atoms. The first-order valence-electron chi connectivity index (χ1n) is 7.81. The van der Waals surface area contributed by atoms with Gasteiger partial charge in [0.25, 0.3) is 0 Å². The largest absolute Gasteiger partial charge is 0.299 e. The Balaban J connectivity index is 1.73. The SMILES string of the molecule is CC12CCC(CC1=O)C2(C)CS(=O)(=O)NCc1ccccc1. The molecule has 3 atom stereocenters. The molecule has 3 unspecified atom stereocenters. The Labute approximate surface area is 132 Å². The van der Waals surface area contributed by atoms with Gasteiger partial charge in [-0.3, -0.25) is 4.79 Å². The third-order valence-corrected chi connectivity index (χ3v) is 7.59. The van der Waals surface area contributed by atoms with Gasteiger partial charge >= 0.3 is 0 Å². The lowest BCUT2D eigenvalue weighted by Crippen LogP contribution is -2.43. The van der Waals surface area contributed by atoms with Crippen molar-refractivity contribution in [2.75, 3.05) is 5.75 Å². The summed E-state index contributed by atoms with van der Waals surface area (Å²) in [5.41, 5.74) is 0.0269. The van der Waals surface area contributed by atoms with Gasteiger partial charge in [-0.1, -0.05) is 44.2 Å². The summed E-state index contributed by atoms with van der Waals surface area (Å²) >= 11 is 0. The van der Waals surface area contributed by atoms with Crippen molar-refractivity contribution in [3.8, 4) is 0 Å². The predicted octanol–water partition coefficient (Wildman–Crippen LogP) is 2.50. The number of hydrogen-bond donors (Lipinski definition) is 1. The molecule has 3 rings (SSSR count). The average molecular weight is 321 g/mol. The highest BCUT2D eigenvalue weighted by Gasteiger charge is 2.64. The number of rotatable bonds is 5. The number of carbonyl (C=O) groups is 1. The summed E-state index contributed by atoms with van der Waals surface area (Å²) in [5, 5.41) is 0. The smallest absolute Gasteiger partial charge is 0.212 e. The molecule has 2 aliphatic rings. The highest BCUT2D eigenvalue weighted by molar-refractivity contribution is 7.89. The fraction of sp³-hybridized carbons (Fsp3) is 0.588. The highest BCUT2D eigenvalue weighted by Crippen LogP contribution is 2.64. The molecule has 4 nitrogen and oxygen atoms in total. The van der Waals surface area contributed by atoms with E-state index in [4.69, 9.17) is 0 Å². The van der Waals surface area contributed by atoms with Crippen LogP contribution in [-0.4, -0.2) is 20.0 Å². The lowest BCUT2D eigenvalue weighted by atomic mass is 9.70. The van der Waals surface area contributed by atoms with Gasteiger partial charge in [0.1, 0.15) is 5.78 Å². The van der Waals surface area contributed by atoms with Crippen molar-refractivity contribution in [3.63, 3.8) is 0 Å². The van der Waals surface area contributed by atoms with Crippen LogP contribution in [0.25, 0.3) is 0 Å². The van der Waals surface area contributed by atoms with Crippen LogP contribution in [0.2, 0.25) is 0 Å². The van der Waals surface area contributed by atoms with Crippen molar-refractivity contribution >= 4 is 15.8 Å². The molecular formula is C17H23NO3S. The van der Waals surface area contributed by atoms with E-state index in [2.05, 4.69) is 4.72 Å². The minimum atomic E-state index is -3.41. The topological polar surface area (TPSA) is 63.2 Å². The molecule has 2 fully saturated rings. The maximum Gasteiger partial charge on any atom is 0.212 e. The average Bonchev–Trinajstić information content (AvgIpc) is 2.80. The van der Waals surface area contributed by atoms with Crippen LogP contribution in [0.15, 0.2) is 30.3 Å². The van der Waals surface area contributed by atoms with Crippen LogP contribution in [0.3, 0.4) is 0 Å². The van der Waals surface area contributed by atoms with Gasteiger partial charge in [-0.15, -0.1) is 0 Å². The summed E-state index contributed by atoms with van der Waals surface area (Å²) in [6.07, 6.45) is 2.33. The molecule has 0 aromatic heterocycles. The van der Waals surface area contributed by atoms with Crippen LogP contribution >= 0.6 is 0 Å². The lowest BCUT2D eigenvalue weighted by Gasteiger charge is -2.36. The van der Waals surface area contributed by atoms with E-state index in [9.17, 15) is 13.2 Å². The van der Waals surface area contributed by atoms with Crippen LogP contribution in [0.1, 0.15) is 38.7 Å². The normalized spacial score (nSPS) is 34.3. The van der Waals surface area contributed by atoms with Crippen LogP contribution in [0.5, 0.6) is 0 Å². The summed E-state index contributed by atoms with van der Waals surface area (Å²) < 4.78 is 27.7. The minimum absolute atomic E-state index is 0.0414. The lowest BCUT2D eigenvalue weighted by molar-refractivity contribution is -0.128. The van der Waals surface area contributed by atoms with Crippen LogP contribution in [0.4, 0.5) is 0 Å². The number of nitrogens with one attached hydrogen (secondary N) is 1. The van der Waals surface area contributed by atoms with Gasteiger partial charge in [-0.05, 0) is 29.7 Å². The number of fused-ring (bicyclic) bond motifs is 2. The van der Waals surface area contributed by atoms with Crippen molar-refractivity contribution < 1.29 is 13.2 Å². The number of benzene rings is 1. The third kappa shape index (κ3) is 2.40. The first kappa shape index (κ1) is 15.7. The summed E-state index contributed by atoms with van der Waals surface area (Å²) in [4.78, 5) is 12.2. The maximum absolute atomic E-state index is 12.5. The van der Waals surface area contributed by atoms with Gasteiger partial charge in [0.15, 0.2) is 0 Å². The van der Waals surface area contributed by atoms with E-state index in [1.807, 2.05) is 44.2 Å². The summed E-state index contributed by atoms with van der Waals surface area (Å²) in [5.74, 6) is 0.488. The standard InChI is InChI=1S/C17H23NO3S/c1-16-9-8-14(10-15(16)19)17(16,2)12-22(20,21)18-11-13-6-4-3-5-7-13/h3-7,14,18H,8-12H2,1-2H3. The molecule has 0 spiro atoms. The van der Waals surface area contributed by atoms with Gasteiger partial charge in [0.2, 0.25) is 10.0 Å². The zero-order valence-corrected chi connectivity index (χ0v) is 13.9. The number of carbonyl (C=O) groups excluding carboxylic acids is 1. The van der Waals surface area contributed by atoms with Crippen LogP contribution in [-0.2, 0) is 21.4 Å². The zero-order chi connectivity index (χ0) is 16.0. The zero-order valence-electron chi connectivity index (χ0n) is 13.1. The van der Waals surface area contributed by atoms with Gasteiger partial charge < -0.3 is 0 Å². The summed E-state index contributed by atoms with van der Waals surface area (Å²) in [7, 11) is -3.41. The molecule has 5 heteroatoms. The minimum Gasteiger partial charge on any atom is -0.299 e. The van der Waals surface area contributed by atoms with Gasteiger partial charge in [0.05, 0.1) is 5.75 Å². The van der Waals surface area contributed by atoms with Crippen LogP contribution < -0.4 is 4.72 Å². The molecule has 1 N–H and O–H groups in total. The quantitative estimate of drug-likeness (QED) is 0.906. The van der Waals surface area contributed by atoms with Crippen LogP contribution in [0, 0.1) is 16.7 Å². The Morgan fingerprint density at radius 2 is 1.91 bits per heavy atom. The Morgan fingerprint density at radius 3 is 2.45 bits per heavy atom. The van der Waals surface area contributed by atoms with E-state index >= 15 is 0 Å². The van der Waals surface area contributed by atoms with Gasteiger partial charge in [-0.2, -0.15) is 0 Å². The third-order valence-electron chi connectivity index (χ3n) is 6.03. The van der Waals surface area contributed by atoms with Gasteiger partial charge in [0, 0.05) is 18.4 Å². The second kappa shape index (κ2) is 5.17. The molecule has 22 heavy (non-hydrogen) atoms. The fourth-order valence-electron chi connectivity index (χ4n) is 4.26. The maximum atomic E-state index is 12.5. The first-order chi connectivity index (χ1) is 10.3. The van der Waals surface area contributed by atoms with Gasteiger partial charge in [-0.25, -0.2) is 13.1 Å². The Morgan fingerprint density at radius 1 is 1.23 bits per heavy atom. The molecular weight excluding hydrogens is 298 g/mol. The Kier molecular flexibility index (Phi) is 3.68. The molecule has 0 amide bonds. The van der Waals surface area contributed by atoms with E-state index in [1.165, 1.54) is 0 Å². The fourth-order valence-corrected chi connectivity index (χ4v) is 6.10. The van der Waals surface area contributed by atoms with E-state index in [-0.39, 0.29) is 17.5 Å². The highest BCUT2D eigenvalue weighted by atomic mass is 32.2. The first-order valence-corrected chi connectivity index (χ1v) is 9.47. The predicted molar refractivity (Wildman–Crippen MR) is 85.6 cm³/mol. The molecule has 1 aromatic carbocycles.